The molecular weight excluding hydrogens is 527 g/mol. The highest BCUT2D eigenvalue weighted by molar-refractivity contribution is 6.11. The van der Waals surface area contributed by atoms with Crippen molar-refractivity contribution in [1.29, 1.82) is 0 Å². The molecule has 0 aliphatic rings. The van der Waals surface area contributed by atoms with E-state index in [2.05, 4.69) is 30.9 Å². The quantitative estimate of drug-likeness (QED) is 0.336. The van der Waals surface area contributed by atoms with Gasteiger partial charge in [0.25, 0.3) is 11.8 Å². The first-order chi connectivity index (χ1) is 18.8. The fourth-order valence-electron chi connectivity index (χ4n) is 4.12. The van der Waals surface area contributed by atoms with Gasteiger partial charge in [0.15, 0.2) is 17.0 Å². The van der Waals surface area contributed by atoms with Gasteiger partial charge in [-0.1, -0.05) is 12.1 Å². The summed E-state index contributed by atoms with van der Waals surface area (Å²) in [4.78, 5) is 30.4. The van der Waals surface area contributed by atoms with Crippen LogP contribution in [0.1, 0.15) is 43.5 Å². The minimum atomic E-state index is -4.77. The summed E-state index contributed by atoms with van der Waals surface area (Å²) >= 11 is 0. The van der Waals surface area contributed by atoms with E-state index in [1.165, 1.54) is 24.1 Å². The van der Waals surface area contributed by atoms with E-state index in [-0.39, 0.29) is 28.4 Å². The summed E-state index contributed by atoms with van der Waals surface area (Å²) in [5.41, 5.74) is 2.14. The van der Waals surface area contributed by atoms with Crippen LogP contribution in [0.3, 0.4) is 0 Å². The van der Waals surface area contributed by atoms with Crippen molar-refractivity contribution < 1.29 is 22.8 Å². The zero-order chi connectivity index (χ0) is 28.9. The van der Waals surface area contributed by atoms with E-state index < -0.39 is 23.7 Å². The molecule has 0 saturated heterocycles. The van der Waals surface area contributed by atoms with E-state index in [0.717, 1.165) is 23.3 Å². The van der Waals surface area contributed by atoms with Gasteiger partial charge in [-0.2, -0.15) is 28.5 Å². The molecule has 0 unspecified atom stereocenters. The fourth-order valence-corrected chi connectivity index (χ4v) is 4.12. The zero-order valence-corrected chi connectivity index (χ0v) is 22.1. The minimum Gasteiger partial charge on any atom is -0.318 e. The number of aromatic nitrogens is 7. The van der Waals surface area contributed by atoms with Crippen molar-refractivity contribution in [3.63, 3.8) is 0 Å². The number of anilines is 2. The Morgan fingerprint density at radius 1 is 0.850 bits per heavy atom. The van der Waals surface area contributed by atoms with Crippen LogP contribution in [0, 0.1) is 20.8 Å². The maximum atomic E-state index is 14.0. The van der Waals surface area contributed by atoms with Crippen molar-refractivity contribution in [2.75, 3.05) is 10.6 Å². The smallest absolute Gasteiger partial charge is 0.318 e. The number of carbonyl (C=O) groups is 2. The van der Waals surface area contributed by atoms with Gasteiger partial charge in [-0.05, 0) is 44.0 Å². The molecule has 206 valence electrons. The van der Waals surface area contributed by atoms with Gasteiger partial charge in [0, 0.05) is 25.7 Å². The number of amides is 2. The molecule has 4 heterocycles. The summed E-state index contributed by atoms with van der Waals surface area (Å²) in [5.74, 6) is -1.41. The third-order valence-corrected chi connectivity index (χ3v) is 6.64. The number of nitrogens with one attached hydrogen (secondary N) is 2. The highest BCUT2D eigenvalue weighted by Gasteiger charge is 2.36. The molecule has 0 saturated carbocycles. The second-order valence-electron chi connectivity index (χ2n) is 9.33. The largest absolute Gasteiger partial charge is 0.433 e. The van der Waals surface area contributed by atoms with E-state index in [1.54, 1.807) is 36.9 Å². The van der Waals surface area contributed by atoms with Gasteiger partial charge >= 0.3 is 6.18 Å². The molecule has 1 aromatic carbocycles. The lowest BCUT2D eigenvalue weighted by Gasteiger charge is -2.11. The summed E-state index contributed by atoms with van der Waals surface area (Å²) in [6, 6.07) is 7.30. The van der Waals surface area contributed by atoms with E-state index in [9.17, 15) is 22.8 Å². The first kappa shape index (κ1) is 26.6. The van der Waals surface area contributed by atoms with Gasteiger partial charge in [-0.3, -0.25) is 19.0 Å². The van der Waals surface area contributed by atoms with Crippen LogP contribution in [0.5, 0.6) is 0 Å². The highest BCUT2D eigenvalue weighted by atomic mass is 19.4. The van der Waals surface area contributed by atoms with Gasteiger partial charge < -0.3 is 10.6 Å². The molecule has 2 amide bonds. The predicted molar refractivity (Wildman–Crippen MR) is 140 cm³/mol. The summed E-state index contributed by atoms with van der Waals surface area (Å²) < 4.78 is 45.5. The average molecular weight is 552 g/mol. The number of aryl methyl sites for hydroxylation is 4. The topological polar surface area (TPSA) is 124 Å². The SMILES string of the molecule is Cc1ccc(-c2cc(C(F)(F)F)n3nc(C(=O)Nc4cnn(C)c4C(=O)Nc4cnn(C)c4C)cc3n2)cc1C. The number of hydrogen-bond acceptors (Lipinski definition) is 6. The van der Waals surface area contributed by atoms with Crippen molar-refractivity contribution in [3.8, 4) is 11.3 Å². The molecule has 0 aliphatic carbocycles. The average Bonchev–Trinajstić information content (AvgIpc) is 3.57. The van der Waals surface area contributed by atoms with Gasteiger partial charge in [-0.25, -0.2) is 9.50 Å². The van der Waals surface area contributed by atoms with Crippen molar-refractivity contribution >= 4 is 28.8 Å². The Morgan fingerprint density at radius 2 is 1.52 bits per heavy atom. The lowest BCUT2D eigenvalue weighted by Crippen LogP contribution is -2.21. The van der Waals surface area contributed by atoms with Crippen LogP contribution >= 0.6 is 0 Å². The summed E-state index contributed by atoms with van der Waals surface area (Å²) in [5, 5.41) is 17.2. The normalized spacial score (nSPS) is 11.7. The number of rotatable bonds is 5. The molecule has 40 heavy (non-hydrogen) atoms. The molecule has 0 radical (unpaired) electrons. The number of carbonyl (C=O) groups excluding carboxylic acids is 2. The Kier molecular flexibility index (Phi) is 6.40. The minimum absolute atomic E-state index is 0.0199. The van der Waals surface area contributed by atoms with Gasteiger partial charge in [-0.15, -0.1) is 0 Å². The molecule has 0 bridgehead atoms. The molecule has 5 rings (SSSR count). The Hall–Kier alpha value is -5.01. The van der Waals surface area contributed by atoms with Crippen LogP contribution in [0.4, 0.5) is 24.5 Å². The van der Waals surface area contributed by atoms with Crippen LogP contribution in [0.15, 0.2) is 42.7 Å². The molecule has 14 heteroatoms. The lowest BCUT2D eigenvalue weighted by molar-refractivity contribution is -0.142. The third kappa shape index (κ3) is 4.79. The maximum absolute atomic E-state index is 14.0. The molecule has 5 aromatic rings. The Labute approximate surface area is 225 Å². The van der Waals surface area contributed by atoms with Crippen LogP contribution in [0.25, 0.3) is 16.9 Å². The Bertz CT molecular complexity index is 1800. The van der Waals surface area contributed by atoms with E-state index in [0.29, 0.717) is 21.5 Å². The van der Waals surface area contributed by atoms with Crippen LogP contribution < -0.4 is 10.6 Å². The summed E-state index contributed by atoms with van der Waals surface area (Å²) in [6.45, 7) is 5.52. The number of alkyl halides is 3. The Balaban J connectivity index is 1.48. The van der Waals surface area contributed by atoms with Crippen molar-refractivity contribution in [2.45, 2.75) is 26.9 Å². The van der Waals surface area contributed by atoms with E-state index >= 15 is 0 Å². The molecule has 2 N–H and O–H groups in total. The fraction of sp³-hybridized carbons (Fsp3) is 0.231. The number of nitrogens with zero attached hydrogens (tertiary/aromatic N) is 7. The van der Waals surface area contributed by atoms with Crippen LogP contribution in [-0.2, 0) is 20.3 Å². The number of benzene rings is 1. The first-order valence-electron chi connectivity index (χ1n) is 12.0. The molecule has 4 aromatic heterocycles. The van der Waals surface area contributed by atoms with Crippen LogP contribution in [0.2, 0.25) is 0 Å². The van der Waals surface area contributed by atoms with Gasteiger partial charge in [0.1, 0.15) is 5.69 Å². The van der Waals surface area contributed by atoms with E-state index in [1.807, 2.05) is 13.8 Å². The standard InChI is InChI=1S/C26H24F3N9O2/c1-13-6-7-16(8-14(13)2)17-9-21(26(27,28)29)38-22(32-17)10-18(35-38)24(39)34-20-12-31-37(5)23(20)25(40)33-19-11-30-36(4)15(19)3/h6-12H,1-5H3,(H,33,40)(H,34,39). The Morgan fingerprint density at radius 3 is 2.17 bits per heavy atom. The van der Waals surface area contributed by atoms with E-state index in [4.69, 9.17) is 0 Å². The van der Waals surface area contributed by atoms with Gasteiger partial charge in [0.05, 0.1) is 35.2 Å². The first-order valence-corrected chi connectivity index (χ1v) is 12.0. The van der Waals surface area contributed by atoms with Crippen molar-refractivity contribution in [2.24, 2.45) is 14.1 Å². The summed E-state index contributed by atoms with van der Waals surface area (Å²) in [7, 11) is 3.23. The van der Waals surface area contributed by atoms with Crippen molar-refractivity contribution in [3.05, 3.63) is 76.6 Å². The van der Waals surface area contributed by atoms with Crippen molar-refractivity contribution in [1.82, 2.24) is 34.2 Å². The lowest BCUT2D eigenvalue weighted by atomic mass is 10.0. The molecule has 11 nitrogen and oxygen atoms in total. The summed E-state index contributed by atoms with van der Waals surface area (Å²) in [6.07, 6.45) is -2.03. The molecule has 0 aliphatic heterocycles. The molecule has 0 atom stereocenters. The second-order valence-corrected chi connectivity index (χ2v) is 9.33. The predicted octanol–water partition coefficient (Wildman–Crippen LogP) is 4.31. The zero-order valence-electron chi connectivity index (χ0n) is 22.1. The number of halogens is 3. The highest BCUT2D eigenvalue weighted by Crippen LogP contribution is 2.33. The number of hydrogen-bond donors (Lipinski definition) is 2. The molecule has 0 spiro atoms. The van der Waals surface area contributed by atoms with Gasteiger partial charge in [0.2, 0.25) is 0 Å². The molecule has 0 fully saturated rings. The monoisotopic (exact) mass is 551 g/mol. The molecular formula is C26H24F3N9O2. The number of fused-ring (bicyclic) bond motifs is 1. The third-order valence-electron chi connectivity index (χ3n) is 6.64. The van der Waals surface area contributed by atoms with Crippen LogP contribution in [-0.4, -0.2) is 46.0 Å². The maximum Gasteiger partial charge on any atom is 0.433 e. The second kappa shape index (κ2) is 9.63.